The molecule has 1 aromatic rings. The monoisotopic (exact) mass is 237 g/mol. The number of aliphatic hydroxyl groups is 1. The SMILES string of the molecule is Cc1ccc(O)c([C@@H](O)C[C@H](N)C(C)(C)C)c1. The van der Waals surface area contributed by atoms with Crippen LogP contribution in [0.25, 0.3) is 0 Å². The number of phenolic OH excluding ortho intramolecular Hbond substituents is 1. The van der Waals surface area contributed by atoms with Gasteiger partial charge in [-0.2, -0.15) is 0 Å². The molecule has 0 amide bonds. The number of benzene rings is 1. The molecule has 0 aliphatic rings. The number of aromatic hydroxyl groups is 1. The minimum absolute atomic E-state index is 0.0551. The van der Waals surface area contributed by atoms with Crippen LogP contribution in [0.2, 0.25) is 0 Å². The van der Waals surface area contributed by atoms with Crippen LogP contribution in [-0.4, -0.2) is 16.3 Å². The highest BCUT2D eigenvalue weighted by Gasteiger charge is 2.25. The van der Waals surface area contributed by atoms with Crippen LogP contribution in [0.3, 0.4) is 0 Å². The first-order chi connectivity index (χ1) is 7.71. The lowest BCUT2D eigenvalue weighted by atomic mass is 9.83. The van der Waals surface area contributed by atoms with Crippen LogP contribution in [-0.2, 0) is 0 Å². The molecule has 0 heterocycles. The van der Waals surface area contributed by atoms with Gasteiger partial charge in [0.05, 0.1) is 6.10 Å². The molecule has 96 valence electrons. The van der Waals surface area contributed by atoms with Gasteiger partial charge in [0.15, 0.2) is 0 Å². The molecule has 1 aromatic carbocycles. The van der Waals surface area contributed by atoms with Gasteiger partial charge in [-0.25, -0.2) is 0 Å². The molecule has 0 saturated carbocycles. The maximum absolute atomic E-state index is 10.1. The van der Waals surface area contributed by atoms with Gasteiger partial charge in [0.1, 0.15) is 5.75 Å². The van der Waals surface area contributed by atoms with Crippen molar-refractivity contribution in [3.8, 4) is 5.75 Å². The number of phenols is 1. The summed E-state index contributed by atoms with van der Waals surface area (Å²) >= 11 is 0. The van der Waals surface area contributed by atoms with E-state index in [9.17, 15) is 10.2 Å². The first kappa shape index (κ1) is 14.0. The first-order valence-electron chi connectivity index (χ1n) is 5.95. The molecule has 4 N–H and O–H groups in total. The normalized spacial score (nSPS) is 15.6. The topological polar surface area (TPSA) is 66.5 Å². The van der Waals surface area contributed by atoms with E-state index in [2.05, 4.69) is 0 Å². The van der Waals surface area contributed by atoms with Crippen LogP contribution in [0, 0.1) is 12.3 Å². The van der Waals surface area contributed by atoms with Crippen molar-refractivity contribution in [2.24, 2.45) is 11.1 Å². The van der Waals surface area contributed by atoms with Gasteiger partial charge in [-0.15, -0.1) is 0 Å². The number of hydrogen-bond donors (Lipinski definition) is 3. The third kappa shape index (κ3) is 3.72. The molecular formula is C14H23NO2. The van der Waals surface area contributed by atoms with E-state index >= 15 is 0 Å². The van der Waals surface area contributed by atoms with E-state index in [1.807, 2.05) is 33.8 Å². The highest BCUT2D eigenvalue weighted by molar-refractivity contribution is 5.37. The fourth-order valence-electron chi connectivity index (χ4n) is 1.66. The number of nitrogens with two attached hydrogens (primary N) is 1. The highest BCUT2D eigenvalue weighted by atomic mass is 16.3. The molecule has 0 radical (unpaired) electrons. The molecule has 0 saturated heterocycles. The zero-order valence-electron chi connectivity index (χ0n) is 11.1. The van der Waals surface area contributed by atoms with Gasteiger partial charge in [0, 0.05) is 11.6 Å². The van der Waals surface area contributed by atoms with Crippen molar-refractivity contribution in [2.45, 2.75) is 46.3 Å². The van der Waals surface area contributed by atoms with Crippen molar-refractivity contribution in [2.75, 3.05) is 0 Å². The zero-order chi connectivity index (χ0) is 13.2. The molecule has 0 fully saturated rings. The molecule has 0 aromatic heterocycles. The fraction of sp³-hybridized carbons (Fsp3) is 0.571. The van der Waals surface area contributed by atoms with Gasteiger partial charge in [-0.1, -0.05) is 32.4 Å². The lowest BCUT2D eigenvalue weighted by molar-refractivity contribution is 0.130. The average molecular weight is 237 g/mol. The van der Waals surface area contributed by atoms with E-state index in [0.29, 0.717) is 12.0 Å². The van der Waals surface area contributed by atoms with Gasteiger partial charge in [-0.05, 0) is 30.9 Å². The van der Waals surface area contributed by atoms with Gasteiger partial charge in [-0.3, -0.25) is 0 Å². The van der Waals surface area contributed by atoms with Crippen molar-refractivity contribution in [3.05, 3.63) is 29.3 Å². The molecule has 0 aliphatic carbocycles. The lowest BCUT2D eigenvalue weighted by Gasteiger charge is -2.29. The average Bonchev–Trinajstić information content (AvgIpc) is 2.20. The van der Waals surface area contributed by atoms with Crippen molar-refractivity contribution in [1.29, 1.82) is 0 Å². The Kier molecular flexibility index (Phi) is 4.17. The van der Waals surface area contributed by atoms with E-state index < -0.39 is 6.10 Å². The summed E-state index contributed by atoms with van der Waals surface area (Å²) < 4.78 is 0. The summed E-state index contributed by atoms with van der Waals surface area (Å²) in [5, 5.41) is 19.8. The van der Waals surface area contributed by atoms with Crippen molar-refractivity contribution < 1.29 is 10.2 Å². The molecule has 0 spiro atoms. The first-order valence-corrected chi connectivity index (χ1v) is 5.95. The predicted octanol–water partition coefficient (Wildman–Crippen LogP) is 2.50. The van der Waals surface area contributed by atoms with E-state index in [1.165, 1.54) is 0 Å². The Labute approximate surface area is 103 Å². The second-order valence-electron chi connectivity index (χ2n) is 5.79. The second-order valence-corrected chi connectivity index (χ2v) is 5.79. The predicted molar refractivity (Wildman–Crippen MR) is 69.9 cm³/mol. The molecule has 0 bridgehead atoms. The van der Waals surface area contributed by atoms with Gasteiger partial charge in [0.2, 0.25) is 0 Å². The molecule has 17 heavy (non-hydrogen) atoms. The largest absolute Gasteiger partial charge is 0.508 e. The van der Waals surface area contributed by atoms with Crippen LogP contribution >= 0.6 is 0 Å². The maximum Gasteiger partial charge on any atom is 0.121 e. The standard InChI is InChI=1S/C14H23NO2/c1-9-5-6-11(16)10(7-9)12(17)8-13(15)14(2,3)4/h5-7,12-13,16-17H,8,15H2,1-4H3/t12-,13-/m0/s1. The summed E-state index contributed by atoms with van der Waals surface area (Å²) in [6.07, 6.45) is -0.273. The van der Waals surface area contributed by atoms with Gasteiger partial charge < -0.3 is 15.9 Å². The van der Waals surface area contributed by atoms with Crippen LogP contribution in [0.4, 0.5) is 0 Å². The maximum atomic E-state index is 10.1. The third-order valence-electron chi connectivity index (χ3n) is 3.13. The molecular weight excluding hydrogens is 214 g/mol. The van der Waals surface area contributed by atoms with Gasteiger partial charge >= 0.3 is 0 Å². The quantitative estimate of drug-likeness (QED) is 0.756. The smallest absolute Gasteiger partial charge is 0.121 e. The van der Waals surface area contributed by atoms with Crippen molar-refractivity contribution in [1.82, 2.24) is 0 Å². The van der Waals surface area contributed by atoms with Crippen LogP contribution in [0.15, 0.2) is 18.2 Å². The molecule has 0 unspecified atom stereocenters. The van der Waals surface area contributed by atoms with Crippen molar-refractivity contribution >= 4 is 0 Å². The Hall–Kier alpha value is -1.06. The number of hydrogen-bond acceptors (Lipinski definition) is 3. The molecule has 0 aliphatic heterocycles. The van der Waals surface area contributed by atoms with Crippen LogP contribution < -0.4 is 5.73 Å². The minimum atomic E-state index is -0.718. The Bertz CT molecular complexity index is 382. The Morgan fingerprint density at radius 3 is 2.41 bits per heavy atom. The van der Waals surface area contributed by atoms with E-state index in [1.54, 1.807) is 12.1 Å². The minimum Gasteiger partial charge on any atom is -0.508 e. The summed E-state index contributed by atoms with van der Waals surface area (Å²) in [5.74, 6) is 0.129. The van der Waals surface area contributed by atoms with Crippen LogP contribution in [0.5, 0.6) is 5.75 Å². The summed E-state index contributed by atoms with van der Waals surface area (Å²) in [7, 11) is 0. The molecule has 2 atom stereocenters. The van der Waals surface area contributed by atoms with E-state index in [4.69, 9.17) is 5.73 Å². The Morgan fingerprint density at radius 2 is 1.88 bits per heavy atom. The number of aryl methyl sites for hydroxylation is 1. The number of rotatable bonds is 3. The van der Waals surface area contributed by atoms with Crippen molar-refractivity contribution in [3.63, 3.8) is 0 Å². The second kappa shape index (κ2) is 5.07. The summed E-state index contributed by atoms with van der Waals surface area (Å²) in [6.45, 7) is 8.06. The molecule has 3 nitrogen and oxygen atoms in total. The number of aliphatic hydroxyl groups excluding tert-OH is 1. The Balaban J connectivity index is 2.83. The fourth-order valence-corrected chi connectivity index (χ4v) is 1.66. The van der Waals surface area contributed by atoms with E-state index in [-0.39, 0.29) is 17.2 Å². The summed E-state index contributed by atoms with van der Waals surface area (Å²) in [6, 6.07) is 5.11. The lowest BCUT2D eigenvalue weighted by Crippen LogP contribution is -2.36. The van der Waals surface area contributed by atoms with E-state index in [0.717, 1.165) is 5.56 Å². The zero-order valence-corrected chi connectivity index (χ0v) is 11.1. The molecule has 3 heteroatoms. The molecule has 1 rings (SSSR count). The van der Waals surface area contributed by atoms with Gasteiger partial charge in [0.25, 0.3) is 0 Å². The van der Waals surface area contributed by atoms with Crippen LogP contribution in [0.1, 0.15) is 44.4 Å². The summed E-state index contributed by atoms with van der Waals surface area (Å²) in [5.41, 5.74) is 7.56. The Morgan fingerprint density at radius 1 is 1.29 bits per heavy atom. The third-order valence-corrected chi connectivity index (χ3v) is 3.13. The highest BCUT2D eigenvalue weighted by Crippen LogP contribution is 2.31. The summed E-state index contributed by atoms with van der Waals surface area (Å²) in [4.78, 5) is 0.